The molecule has 1 saturated carbocycles. The van der Waals surface area contributed by atoms with E-state index in [1.807, 2.05) is 46.8 Å². The van der Waals surface area contributed by atoms with Gasteiger partial charge < -0.3 is 15.8 Å². The average molecular weight is 509 g/mol. The molecule has 1 aromatic carbocycles. The molecule has 0 saturated heterocycles. The van der Waals surface area contributed by atoms with Crippen molar-refractivity contribution in [3.8, 4) is 10.4 Å². The second kappa shape index (κ2) is 10.7. The fourth-order valence-corrected chi connectivity index (χ4v) is 6.96. The molecule has 1 aromatic heterocycles. The van der Waals surface area contributed by atoms with Gasteiger partial charge in [0.1, 0.15) is 0 Å². The van der Waals surface area contributed by atoms with Crippen LogP contribution >= 0.6 is 11.3 Å². The van der Waals surface area contributed by atoms with Crippen LogP contribution in [0.25, 0.3) is 10.4 Å². The lowest BCUT2D eigenvalue weighted by atomic mass is 9.86. The molecular formula is C24H36N4O4S2. The first-order valence-corrected chi connectivity index (χ1v) is 14.0. The number of nitrogens with zero attached hydrogens (tertiary/aromatic N) is 1. The summed E-state index contributed by atoms with van der Waals surface area (Å²) in [5, 5.41) is 3.94. The van der Waals surface area contributed by atoms with Crippen LogP contribution in [0.15, 0.2) is 29.3 Å². The highest BCUT2D eigenvalue weighted by Crippen LogP contribution is 2.39. The van der Waals surface area contributed by atoms with Gasteiger partial charge >= 0.3 is 6.09 Å². The number of alkyl carbamates (subject to hydrolysis) is 1. The van der Waals surface area contributed by atoms with Crippen molar-refractivity contribution < 1.29 is 17.9 Å². The number of rotatable bonds is 7. The Morgan fingerprint density at radius 2 is 1.91 bits per heavy atom. The van der Waals surface area contributed by atoms with Crippen molar-refractivity contribution in [1.82, 2.24) is 15.0 Å². The van der Waals surface area contributed by atoms with Gasteiger partial charge in [-0.1, -0.05) is 12.1 Å². The Balaban J connectivity index is 1.77. The number of carbonyl (C=O) groups is 1. The van der Waals surface area contributed by atoms with Crippen molar-refractivity contribution in [3.05, 3.63) is 35.0 Å². The average Bonchev–Trinajstić information content (AvgIpc) is 3.21. The Hall–Kier alpha value is -2.01. The summed E-state index contributed by atoms with van der Waals surface area (Å²) >= 11 is 1.53. The predicted molar refractivity (Wildman–Crippen MR) is 135 cm³/mol. The quantitative estimate of drug-likeness (QED) is 0.506. The van der Waals surface area contributed by atoms with Gasteiger partial charge in [0.15, 0.2) is 0 Å². The molecule has 4 N–H and O–H groups in total. The third kappa shape index (κ3) is 7.00. The molecule has 1 fully saturated rings. The van der Waals surface area contributed by atoms with Crippen molar-refractivity contribution in [3.63, 3.8) is 0 Å². The number of aromatic nitrogens is 1. The maximum absolute atomic E-state index is 13.2. The lowest BCUT2D eigenvalue weighted by Crippen LogP contribution is -2.40. The number of carbonyl (C=O) groups excluding carboxylic acids is 1. The summed E-state index contributed by atoms with van der Waals surface area (Å²) in [7, 11) is -3.75. The molecule has 2 aromatic rings. The fourth-order valence-electron chi connectivity index (χ4n) is 4.08. The Morgan fingerprint density at radius 1 is 1.24 bits per heavy atom. The van der Waals surface area contributed by atoms with Gasteiger partial charge in [0.2, 0.25) is 10.0 Å². The van der Waals surface area contributed by atoms with Gasteiger partial charge in [-0.3, -0.25) is 0 Å². The van der Waals surface area contributed by atoms with E-state index in [1.165, 1.54) is 11.3 Å². The summed E-state index contributed by atoms with van der Waals surface area (Å²) in [5.41, 5.74) is 6.56. The monoisotopic (exact) mass is 508 g/mol. The number of sulfonamides is 1. The van der Waals surface area contributed by atoms with E-state index >= 15 is 0 Å². The highest BCUT2D eigenvalue weighted by Gasteiger charge is 2.29. The molecule has 34 heavy (non-hydrogen) atoms. The summed E-state index contributed by atoms with van der Waals surface area (Å²) < 4.78 is 34.3. The van der Waals surface area contributed by atoms with Gasteiger partial charge in [0.25, 0.3) is 0 Å². The molecule has 0 unspecified atom stereocenters. The van der Waals surface area contributed by atoms with Gasteiger partial charge in [-0.15, -0.1) is 11.3 Å². The van der Waals surface area contributed by atoms with Crippen LogP contribution in [0.4, 0.5) is 4.79 Å². The van der Waals surface area contributed by atoms with Crippen LogP contribution in [-0.4, -0.2) is 37.2 Å². The zero-order valence-electron chi connectivity index (χ0n) is 20.6. The first-order valence-electron chi connectivity index (χ1n) is 11.7. The van der Waals surface area contributed by atoms with Gasteiger partial charge in [-0.25, -0.2) is 22.9 Å². The van der Waals surface area contributed by atoms with Crippen molar-refractivity contribution >= 4 is 27.5 Å². The van der Waals surface area contributed by atoms with Crippen molar-refractivity contribution in [1.29, 1.82) is 0 Å². The molecule has 8 nitrogen and oxygen atoms in total. The van der Waals surface area contributed by atoms with Gasteiger partial charge in [-0.05, 0) is 71.9 Å². The molecule has 188 valence electrons. The third-order valence-corrected chi connectivity index (χ3v) is 8.53. The minimum atomic E-state index is -3.75. The normalized spacial score (nSPS) is 19.3. The highest BCUT2D eigenvalue weighted by molar-refractivity contribution is 7.89. The number of hydrogen-bond donors (Lipinski definition) is 3. The van der Waals surface area contributed by atoms with Crippen LogP contribution in [-0.2, 0) is 21.3 Å². The van der Waals surface area contributed by atoms with Gasteiger partial charge in [-0.2, -0.15) is 0 Å². The Bertz CT molecular complexity index is 1100. The Labute approximate surface area is 206 Å². The lowest BCUT2D eigenvalue weighted by molar-refractivity contribution is 0.109. The van der Waals surface area contributed by atoms with E-state index in [4.69, 9.17) is 10.5 Å². The standard InChI is InChI=1S/C24H36N4O4S2/c1-15(2)32-23(29)27-18-9-7-17(8-10-18)22-26-14-20(33-22)19-11-6-16(13-25)12-21(19)34(30,31)28-24(3,4)5/h6,11-12,14-15,17-18,28H,7-10,13,25H2,1-5H3,(H,27,29). The van der Waals surface area contributed by atoms with Crippen LogP contribution in [0.3, 0.4) is 0 Å². The summed E-state index contributed by atoms with van der Waals surface area (Å²) in [6, 6.07) is 5.43. The van der Waals surface area contributed by atoms with Crippen LogP contribution in [0.1, 0.15) is 76.8 Å². The van der Waals surface area contributed by atoms with E-state index < -0.39 is 15.6 Å². The summed E-state index contributed by atoms with van der Waals surface area (Å²) in [6.07, 6.45) is 4.77. The molecule has 3 rings (SSSR count). The van der Waals surface area contributed by atoms with E-state index in [1.54, 1.807) is 12.3 Å². The molecule has 1 aliphatic rings. The zero-order valence-corrected chi connectivity index (χ0v) is 22.2. The van der Waals surface area contributed by atoms with Crippen LogP contribution in [0.2, 0.25) is 0 Å². The number of thiazole rings is 1. The van der Waals surface area contributed by atoms with Crippen molar-refractivity contribution in [2.24, 2.45) is 5.73 Å². The predicted octanol–water partition coefficient (Wildman–Crippen LogP) is 4.51. The second-order valence-electron chi connectivity index (χ2n) is 10.1. The molecule has 0 atom stereocenters. The van der Waals surface area contributed by atoms with Crippen LogP contribution < -0.4 is 15.8 Å². The van der Waals surface area contributed by atoms with Crippen LogP contribution in [0, 0.1) is 0 Å². The minimum absolute atomic E-state index is 0.103. The second-order valence-corrected chi connectivity index (χ2v) is 12.8. The molecular weight excluding hydrogens is 472 g/mol. The number of amides is 1. The molecule has 10 heteroatoms. The summed E-state index contributed by atoms with van der Waals surface area (Å²) in [5.74, 6) is 0.286. The molecule has 1 aliphatic carbocycles. The van der Waals surface area contributed by atoms with Crippen molar-refractivity contribution in [2.45, 2.75) is 95.3 Å². The Kier molecular flexibility index (Phi) is 8.38. The molecule has 0 spiro atoms. The maximum Gasteiger partial charge on any atom is 0.407 e. The lowest BCUT2D eigenvalue weighted by Gasteiger charge is -2.28. The molecule has 0 aliphatic heterocycles. The van der Waals surface area contributed by atoms with E-state index in [0.717, 1.165) is 41.1 Å². The molecule has 1 heterocycles. The molecule has 0 radical (unpaired) electrons. The molecule has 0 bridgehead atoms. The smallest absolute Gasteiger partial charge is 0.407 e. The SMILES string of the molecule is CC(C)OC(=O)NC1CCC(c2ncc(-c3ccc(CN)cc3S(=O)(=O)NC(C)(C)C)s2)CC1. The number of nitrogens with one attached hydrogen (secondary N) is 2. The van der Waals surface area contributed by atoms with E-state index in [9.17, 15) is 13.2 Å². The number of benzene rings is 1. The first-order chi connectivity index (χ1) is 15.9. The Morgan fingerprint density at radius 3 is 2.50 bits per heavy atom. The fraction of sp³-hybridized carbons (Fsp3) is 0.583. The van der Waals surface area contributed by atoms with E-state index in [-0.39, 0.29) is 35.6 Å². The maximum atomic E-state index is 13.2. The third-order valence-electron chi connectivity index (χ3n) is 5.54. The largest absolute Gasteiger partial charge is 0.447 e. The van der Waals surface area contributed by atoms with Crippen LogP contribution in [0.5, 0.6) is 0 Å². The molecule has 1 amide bonds. The number of ether oxygens (including phenoxy) is 1. The van der Waals surface area contributed by atoms with Gasteiger partial charge in [0, 0.05) is 35.8 Å². The number of nitrogens with two attached hydrogens (primary N) is 1. The topological polar surface area (TPSA) is 123 Å². The van der Waals surface area contributed by atoms with Gasteiger partial charge in [0.05, 0.1) is 20.9 Å². The number of hydrogen-bond acceptors (Lipinski definition) is 7. The minimum Gasteiger partial charge on any atom is -0.447 e. The van der Waals surface area contributed by atoms with E-state index in [0.29, 0.717) is 5.56 Å². The highest BCUT2D eigenvalue weighted by atomic mass is 32.2. The summed E-state index contributed by atoms with van der Waals surface area (Å²) in [4.78, 5) is 17.6. The first kappa shape index (κ1) is 26.6. The zero-order chi connectivity index (χ0) is 25.1. The van der Waals surface area contributed by atoms with Crippen molar-refractivity contribution in [2.75, 3.05) is 0 Å². The summed E-state index contributed by atoms with van der Waals surface area (Å²) in [6.45, 7) is 9.36. The van der Waals surface area contributed by atoms with E-state index in [2.05, 4.69) is 15.0 Å².